The van der Waals surface area contributed by atoms with Crippen LogP contribution < -0.4 is 4.74 Å². The number of hydrogen-bond donors (Lipinski definition) is 0. The fourth-order valence-electron chi connectivity index (χ4n) is 1.30. The van der Waals surface area contributed by atoms with Crippen molar-refractivity contribution >= 4 is 19.7 Å². The lowest BCUT2D eigenvalue weighted by Crippen LogP contribution is -2.07. The minimum absolute atomic E-state index is 0.126. The molecule has 0 saturated carbocycles. The molecule has 0 aliphatic heterocycles. The van der Waals surface area contributed by atoms with Crippen LogP contribution in [0, 0.1) is 18.3 Å². The van der Waals surface area contributed by atoms with Gasteiger partial charge in [0.05, 0.1) is 5.56 Å². The van der Waals surface area contributed by atoms with Crippen molar-refractivity contribution in [1.29, 1.82) is 5.26 Å². The summed E-state index contributed by atoms with van der Waals surface area (Å²) in [6.07, 6.45) is 0. The quantitative estimate of drug-likeness (QED) is 0.798. The highest BCUT2D eigenvalue weighted by Gasteiger charge is 2.22. The Bertz CT molecular complexity index is 581. The van der Waals surface area contributed by atoms with Crippen molar-refractivity contribution in [3.63, 3.8) is 0 Å². The van der Waals surface area contributed by atoms with Gasteiger partial charge in [-0.3, -0.25) is 0 Å². The monoisotopic (exact) mass is 281 g/mol. The van der Waals surface area contributed by atoms with Crippen LogP contribution in [0.4, 0.5) is 8.78 Å². The van der Waals surface area contributed by atoms with E-state index in [1.54, 1.807) is 6.07 Å². The van der Waals surface area contributed by atoms with Crippen molar-refractivity contribution in [2.75, 3.05) is 0 Å². The zero-order chi connectivity index (χ0) is 13.2. The van der Waals surface area contributed by atoms with Crippen molar-refractivity contribution in [2.45, 2.75) is 18.4 Å². The summed E-state index contributed by atoms with van der Waals surface area (Å²) < 4.78 is 50.7. The number of hydrogen-bond acceptors (Lipinski definition) is 4. The lowest BCUT2D eigenvalue weighted by Gasteiger charge is -2.11. The van der Waals surface area contributed by atoms with Crippen molar-refractivity contribution < 1.29 is 21.9 Å². The van der Waals surface area contributed by atoms with Gasteiger partial charge in [0.15, 0.2) is 0 Å². The van der Waals surface area contributed by atoms with Crippen LogP contribution in [0.25, 0.3) is 0 Å². The van der Waals surface area contributed by atoms with Gasteiger partial charge in [0.2, 0.25) is 0 Å². The van der Waals surface area contributed by atoms with Crippen LogP contribution >= 0.6 is 10.7 Å². The standard InChI is InChI=1S/C9H6ClF2NO3S/c1-5-7(16-9(11)12)3-2-6(4-13)8(5)17(10,14)15/h2-3,9H,1H3. The molecule has 8 heteroatoms. The summed E-state index contributed by atoms with van der Waals surface area (Å²) in [6, 6.07) is 3.76. The first-order valence-electron chi connectivity index (χ1n) is 4.20. The minimum Gasteiger partial charge on any atom is -0.435 e. The molecule has 0 bridgehead atoms. The van der Waals surface area contributed by atoms with E-state index in [2.05, 4.69) is 4.74 Å². The molecule has 0 aliphatic carbocycles. The molecule has 17 heavy (non-hydrogen) atoms. The van der Waals surface area contributed by atoms with E-state index in [9.17, 15) is 17.2 Å². The highest BCUT2D eigenvalue weighted by molar-refractivity contribution is 8.13. The third kappa shape index (κ3) is 3.05. The highest BCUT2D eigenvalue weighted by atomic mass is 35.7. The van der Waals surface area contributed by atoms with Crippen LogP contribution in [0.15, 0.2) is 17.0 Å². The van der Waals surface area contributed by atoms with Gasteiger partial charge in [0.25, 0.3) is 9.05 Å². The number of halogens is 3. The Morgan fingerprint density at radius 2 is 2.06 bits per heavy atom. The topological polar surface area (TPSA) is 67.2 Å². The molecule has 0 aliphatic rings. The van der Waals surface area contributed by atoms with Crippen LogP contribution in [-0.4, -0.2) is 15.0 Å². The third-order valence-electron chi connectivity index (χ3n) is 1.94. The number of nitrogens with zero attached hydrogens (tertiary/aromatic N) is 1. The molecule has 92 valence electrons. The van der Waals surface area contributed by atoms with E-state index in [4.69, 9.17) is 15.9 Å². The number of nitriles is 1. The molecule has 0 fully saturated rings. The molecule has 0 aromatic heterocycles. The van der Waals surface area contributed by atoms with Gasteiger partial charge >= 0.3 is 6.61 Å². The molecule has 1 aromatic carbocycles. The SMILES string of the molecule is Cc1c(OC(F)F)ccc(C#N)c1S(=O)(=O)Cl. The van der Waals surface area contributed by atoms with E-state index in [1.165, 1.54) is 6.92 Å². The molecule has 0 unspecified atom stereocenters. The molecular formula is C9H6ClF2NO3S. The van der Waals surface area contributed by atoms with Crippen molar-refractivity contribution in [2.24, 2.45) is 0 Å². The second-order valence-electron chi connectivity index (χ2n) is 2.99. The largest absolute Gasteiger partial charge is 0.435 e. The molecule has 0 saturated heterocycles. The minimum atomic E-state index is -4.21. The zero-order valence-corrected chi connectivity index (χ0v) is 10.0. The molecule has 0 radical (unpaired) electrons. The van der Waals surface area contributed by atoms with Gasteiger partial charge in [-0.05, 0) is 19.1 Å². The van der Waals surface area contributed by atoms with Crippen LogP contribution in [0.1, 0.15) is 11.1 Å². The predicted molar refractivity (Wildman–Crippen MR) is 55.6 cm³/mol. The number of rotatable bonds is 3. The first-order chi connectivity index (χ1) is 7.77. The molecule has 0 spiro atoms. The van der Waals surface area contributed by atoms with Crippen molar-refractivity contribution in [3.05, 3.63) is 23.3 Å². The second kappa shape index (κ2) is 4.85. The maximum atomic E-state index is 12.0. The Morgan fingerprint density at radius 3 is 2.47 bits per heavy atom. The molecule has 0 N–H and O–H groups in total. The number of alkyl halides is 2. The second-order valence-corrected chi connectivity index (χ2v) is 5.50. The van der Waals surface area contributed by atoms with Crippen LogP contribution in [-0.2, 0) is 9.05 Å². The average molecular weight is 282 g/mol. The Balaban J connectivity index is 3.51. The maximum absolute atomic E-state index is 12.0. The molecule has 1 aromatic rings. The van der Waals surface area contributed by atoms with Crippen molar-refractivity contribution in [1.82, 2.24) is 0 Å². The molecule has 0 heterocycles. The van der Waals surface area contributed by atoms with E-state index >= 15 is 0 Å². The van der Waals surface area contributed by atoms with Gasteiger partial charge in [0, 0.05) is 16.2 Å². The van der Waals surface area contributed by atoms with E-state index in [0.717, 1.165) is 12.1 Å². The average Bonchev–Trinajstić information content (AvgIpc) is 2.18. The molecule has 0 amide bonds. The summed E-state index contributed by atoms with van der Waals surface area (Å²) in [4.78, 5) is -0.514. The Kier molecular flexibility index (Phi) is 3.91. The number of benzene rings is 1. The van der Waals surface area contributed by atoms with E-state index in [0.29, 0.717) is 0 Å². The van der Waals surface area contributed by atoms with Crippen LogP contribution in [0.2, 0.25) is 0 Å². The maximum Gasteiger partial charge on any atom is 0.387 e. The van der Waals surface area contributed by atoms with Gasteiger partial charge in [-0.25, -0.2) is 8.42 Å². The summed E-state index contributed by atoms with van der Waals surface area (Å²) in [5.41, 5.74) is -0.349. The first kappa shape index (κ1) is 13.7. The smallest absolute Gasteiger partial charge is 0.387 e. The third-order valence-corrected chi connectivity index (χ3v) is 3.41. The summed E-state index contributed by atoms with van der Waals surface area (Å²) >= 11 is 0. The van der Waals surface area contributed by atoms with Crippen LogP contribution in [0.3, 0.4) is 0 Å². The fourth-order valence-corrected chi connectivity index (χ4v) is 2.74. The summed E-state index contributed by atoms with van der Waals surface area (Å²) in [5.74, 6) is -0.335. The van der Waals surface area contributed by atoms with Gasteiger partial charge in [-0.2, -0.15) is 14.0 Å². The van der Waals surface area contributed by atoms with Gasteiger partial charge in [-0.1, -0.05) is 0 Å². The molecular weight excluding hydrogens is 276 g/mol. The highest BCUT2D eigenvalue weighted by Crippen LogP contribution is 2.31. The Hall–Kier alpha value is -1.39. The zero-order valence-electron chi connectivity index (χ0n) is 8.45. The summed E-state index contributed by atoms with van der Waals surface area (Å²) in [5, 5.41) is 8.72. The molecule has 4 nitrogen and oxygen atoms in total. The Labute approximate surface area is 101 Å². The number of ether oxygens (including phenoxy) is 1. The van der Waals surface area contributed by atoms with Crippen molar-refractivity contribution in [3.8, 4) is 11.8 Å². The van der Waals surface area contributed by atoms with Crippen LogP contribution in [0.5, 0.6) is 5.75 Å². The van der Waals surface area contributed by atoms with E-state index in [1.807, 2.05) is 0 Å². The normalized spacial score (nSPS) is 11.3. The fraction of sp³-hybridized carbons (Fsp3) is 0.222. The Morgan fingerprint density at radius 1 is 1.47 bits per heavy atom. The van der Waals surface area contributed by atoms with Gasteiger partial charge in [0.1, 0.15) is 16.7 Å². The van der Waals surface area contributed by atoms with Gasteiger partial charge < -0.3 is 4.74 Å². The molecule has 0 atom stereocenters. The van der Waals surface area contributed by atoms with Gasteiger partial charge in [-0.15, -0.1) is 0 Å². The summed E-state index contributed by atoms with van der Waals surface area (Å²) in [7, 11) is 0.925. The predicted octanol–water partition coefficient (Wildman–Crippen LogP) is 2.40. The van der Waals surface area contributed by atoms with E-state index < -0.39 is 20.6 Å². The lowest BCUT2D eigenvalue weighted by molar-refractivity contribution is -0.0504. The molecule has 1 rings (SSSR count). The first-order valence-corrected chi connectivity index (χ1v) is 6.51. The van der Waals surface area contributed by atoms with E-state index in [-0.39, 0.29) is 16.9 Å². The lowest BCUT2D eigenvalue weighted by atomic mass is 10.1. The summed E-state index contributed by atoms with van der Waals surface area (Å²) in [6.45, 7) is -1.86.